The van der Waals surface area contributed by atoms with Gasteiger partial charge in [0.05, 0.1) is 28.2 Å². The molecule has 1 aromatic carbocycles. The molecule has 3 aliphatic heterocycles. The quantitative estimate of drug-likeness (QED) is 0.510. The van der Waals surface area contributed by atoms with E-state index >= 15 is 0 Å². The summed E-state index contributed by atoms with van der Waals surface area (Å²) in [5.74, 6) is -0.474. The van der Waals surface area contributed by atoms with Gasteiger partial charge in [-0.2, -0.15) is 0 Å². The topological polar surface area (TPSA) is 132 Å². The van der Waals surface area contributed by atoms with E-state index in [0.29, 0.717) is 24.9 Å². The molecule has 2 aromatic rings. The lowest BCUT2D eigenvalue weighted by Crippen LogP contribution is -2.53. The van der Waals surface area contributed by atoms with Crippen LogP contribution in [0, 0.1) is 6.92 Å². The van der Waals surface area contributed by atoms with E-state index in [1.807, 2.05) is 31.2 Å². The minimum atomic E-state index is -3.88. The van der Waals surface area contributed by atoms with Gasteiger partial charge in [-0.1, -0.05) is 24.3 Å². The second kappa shape index (κ2) is 9.64. The van der Waals surface area contributed by atoms with Crippen molar-refractivity contribution in [1.82, 2.24) is 19.5 Å². The Balaban J connectivity index is 1.41. The Morgan fingerprint density at radius 1 is 1.32 bits per heavy atom. The van der Waals surface area contributed by atoms with E-state index in [4.69, 9.17) is 12.7 Å². The molecule has 3 radical (unpaired) electrons. The number of aliphatic imine (C=N–C) groups is 1. The Hall–Kier alpha value is -2.54. The largest absolute Gasteiger partial charge is 0.391 e. The molecule has 5 rings (SSSR count). The molecule has 4 heterocycles. The van der Waals surface area contributed by atoms with Crippen molar-refractivity contribution in [2.24, 2.45) is 4.99 Å². The summed E-state index contributed by atoms with van der Waals surface area (Å²) in [6, 6.07) is 5.99. The Kier molecular flexibility index (Phi) is 6.80. The summed E-state index contributed by atoms with van der Waals surface area (Å²) in [6.07, 6.45) is 0.843. The summed E-state index contributed by atoms with van der Waals surface area (Å²) in [5, 5.41) is 13.3. The smallest absolute Gasteiger partial charge is 0.257 e. The van der Waals surface area contributed by atoms with Crippen molar-refractivity contribution in [3.8, 4) is 10.4 Å². The fourth-order valence-electron chi connectivity index (χ4n) is 5.31. The molecule has 4 atom stereocenters. The normalized spacial score (nSPS) is 28.4. The third-order valence-corrected chi connectivity index (χ3v) is 9.76. The molecule has 0 saturated carbocycles. The zero-order valence-corrected chi connectivity index (χ0v) is 22.1. The van der Waals surface area contributed by atoms with E-state index < -0.39 is 39.5 Å². The van der Waals surface area contributed by atoms with E-state index in [-0.39, 0.29) is 31.3 Å². The molecule has 2 fully saturated rings. The fraction of sp³-hybridized carbons (Fsp3) is 0.478. The van der Waals surface area contributed by atoms with E-state index in [9.17, 15) is 23.1 Å². The first-order chi connectivity index (χ1) is 17.5. The van der Waals surface area contributed by atoms with Crippen LogP contribution in [-0.4, -0.2) is 90.8 Å². The number of nitrogens with zero attached hydrogens (tertiary/aromatic N) is 4. The molecule has 0 bridgehead atoms. The van der Waals surface area contributed by atoms with Crippen LogP contribution in [0.3, 0.4) is 0 Å². The number of aliphatic hydroxyl groups excluding tert-OH is 1. The van der Waals surface area contributed by atoms with Crippen molar-refractivity contribution in [2.75, 3.05) is 13.1 Å². The van der Waals surface area contributed by atoms with Gasteiger partial charge in [-0.15, -0.1) is 11.3 Å². The number of hydrogen-bond donors (Lipinski definition) is 2. The maximum Gasteiger partial charge on any atom is 0.257 e. The molecule has 2 amide bonds. The lowest BCUT2D eigenvalue weighted by molar-refractivity contribution is -0.134. The number of aliphatic hydroxyl groups is 1. The maximum absolute atomic E-state index is 13.5. The SMILES string of the molecule is [B][B]S(=O)(=O)N1CCC[C@H]1C(=O)N1C[C@H](O)CC1C1=N[C@@](C)(c2ccc(-c3scnc3C)cc2)C(=O)N1. The molecule has 14 heteroatoms. The van der Waals surface area contributed by atoms with Gasteiger partial charge in [-0.25, -0.2) is 22.7 Å². The van der Waals surface area contributed by atoms with Gasteiger partial charge >= 0.3 is 0 Å². The van der Waals surface area contributed by atoms with Gasteiger partial charge in [0.1, 0.15) is 21.8 Å². The van der Waals surface area contributed by atoms with E-state index in [2.05, 4.69) is 10.3 Å². The van der Waals surface area contributed by atoms with E-state index in [0.717, 1.165) is 20.4 Å². The summed E-state index contributed by atoms with van der Waals surface area (Å²) in [6.45, 7) is 3.87. The first-order valence-corrected chi connectivity index (χ1v) is 14.4. The van der Waals surface area contributed by atoms with Crippen LogP contribution in [0.1, 0.15) is 37.4 Å². The molecule has 0 spiro atoms. The third kappa shape index (κ3) is 4.53. The Morgan fingerprint density at radius 2 is 2.05 bits per heavy atom. The van der Waals surface area contributed by atoms with Crippen molar-refractivity contribution >= 4 is 53.0 Å². The standard InChI is InChI=1S/C23H26B2N5O5S2/c1-13-19(36-12-26-13)14-5-7-15(8-6-14)23(2)22(33)27-20(28-23)18-10-16(31)11-29(18)21(32)17-4-3-9-30(17)37(34,35)25-24/h5-8,12,16-18,31H,3-4,9-11H2,1-2H3,(H,27,28,33)/t16-,17+,18?,23+/m1/s1. The summed E-state index contributed by atoms with van der Waals surface area (Å²) in [5.41, 5.74) is 3.20. The zero-order valence-electron chi connectivity index (χ0n) is 20.5. The van der Waals surface area contributed by atoms with Crippen molar-refractivity contribution in [3.63, 3.8) is 0 Å². The average Bonchev–Trinajstić information content (AvgIpc) is 3.66. The molecule has 1 unspecified atom stereocenters. The highest BCUT2D eigenvalue weighted by Crippen LogP contribution is 2.35. The lowest BCUT2D eigenvalue weighted by Gasteiger charge is -2.30. The molecule has 2 N–H and O–H groups in total. The predicted molar refractivity (Wildman–Crippen MR) is 141 cm³/mol. The van der Waals surface area contributed by atoms with Gasteiger partial charge in [-0.05, 0) is 37.8 Å². The number of carbonyl (C=O) groups excluding carboxylic acids is 2. The molecule has 1 aromatic heterocycles. The predicted octanol–water partition coefficient (Wildman–Crippen LogP) is 0.321. The molecule has 37 heavy (non-hydrogen) atoms. The molecule has 3 aliphatic rings. The highest BCUT2D eigenvalue weighted by Gasteiger charge is 2.49. The average molecular weight is 538 g/mol. The van der Waals surface area contributed by atoms with Gasteiger partial charge in [0.2, 0.25) is 12.4 Å². The number of amidine groups is 1. The minimum absolute atomic E-state index is 0.0225. The maximum atomic E-state index is 13.5. The second-order valence-electron chi connectivity index (χ2n) is 9.71. The van der Waals surface area contributed by atoms with Crippen LogP contribution < -0.4 is 5.32 Å². The first kappa shape index (κ1) is 26.1. The molecule has 2 saturated heterocycles. The van der Waals surface area contributed by atoms with Crippen LogP contribution in [-0.2, 0) is 25.0 Å². The van der Waals surface area contributed by atoms with Crippen molar-refractivity contribution in [1.29, 1.82) is 0 Å². The number of benzene rings is 1. The second-order valence-corrected chi connectivity index (χ2v) is 12.3. The van der Waals surface area contributed by atoms with Gasteiger partial charge < -0.3 is 15.3 Å². The van der Waals surface area contributed by atoms with Crippen LogP contribution in [0.5, 0.6) is 0 Å². The summed E-state index contributed by atoms with van der Waals surface area (Å²) < 4.78 is 25.9. The lowest BCUT2D eigenvalue weighted by atomic mass is 9.79. The third-order valence-electron chi connectivity index (χ3n) is 7.35. The molecule has 0 aliphatic carbocycles. The Morgan fingerprint density at radius 3 is 2.70 bits per heavy atom. The highest BCUT2D eigenvalue weighted by molar-refractivity contribution is 8.17. The van der Waals surface area contributed by atoms with Crippen LogP contribution in [0.2, 0.25) is 0 Å². The van der Waals surface area contributed by atoms with Crippen molar-refractivity contribution in [3.05, 3.63) is 41.0 Å². The molecule has 191 valence electrons. The number of aryl methyl sites for hydroxylation is 1. The number of hydrogen-bond acceptors (Lipinski definition) is 8. The number of amides is 2. The van der Waals surface area contributed by atoms with E-state index in [1.54, 1.807) is 23.8 Å². The number of rotatable bonds is 6. The molecular weight excluding hydrogens is 512 g/mol. The van der Waals surface area contributed by atoms with Gasteiger partial charge in [-0.3, -0.25) is 9.59 Å². The van der Waals surface area contributed by atoms with Crippen LogP contribution in [0.15, 0.2) is 34.8 Å². The fourth-order valence-corrected chi connectivity index (χ4v) is 7.22. The van der Waals surface area contributed by atoms with E-state index in [1.165, 1.54) is 4.90 Å². The summed E-state index contributed by atoms with van der Waals surface area (Å²) in [4.78, 5) is 38.2. The van der Waals surface area contributed by atoms with Crippen molar-refractivity contribution in [2.45, 2.75) is 56.8 Å². The van der Waals surface area contributed by atoms with Crippen molar-refractivity contribution < 1.29 is 23.1 Å². The Labute approximate surface area is 221 Å². The van der Waals surface area contributed by atoms with Gasteiger partial charge in [0.15, 0.2) is 5.54 Å². The highest BCUT2D eigenvalue weighted by atomic mass is 32.2. The van der Waals surface area contributed by atoms with Gasteiger partial charge in [0, 0.05) is 27.2 Å². The number of carbonyl (C=O) groups is 2. The number of likely N-dealkylation sites (tertiary alicyclic amines) is 1. The molecular formula is C23H26B2N5O5S2. The first-order valence-electron chi connectivity index (χ1n) is 12.0. The minimum Gasteiger partial charge on any atom is -0.391 e. The van der Waals surface area contributed by atoms with Gasteiger partial charge in [0.25, 0.3) is 5.91 Å². The van der Waals surface area contributed by atoms with Crippen LogP contribution in [0.4, 0.5) is 0 Å². The number of aromatic nitrogens is 1. The zero-order chi connectivity index (χ0) is 26.5. The van der Waals surface area contributed by atoms with Crippen LogP contribution in [0.25, 0.3) is 10.4 Å². The summed E-state index contributed by atoms with van der Waals surface area (Å²) in [7, 11) is 1.42. The monoisotopic (exact) mass is 538 g/mol. The Bertz CT molecular complexity index is 1370. The van der Waals surface area contributed by atoms with Crippen LogP contribution >= 0.6 is 11.3 Å². The number of β-amino-alcohol motifs (C(OH)–C–C–N with tert-alkyl or cyclic N) is 1. The number of thiazole rings is 1. The molecule has 10 nitrogen and oxygen atoms in total. The number of nitrogens with one attached hydrogen (secondary N) is 1. The summed E-state index contributed by atoms with van der Waals surface area (Å²) >= 11 is 1.54.